The van der Waals surface area contributed by atoms with Crippen LogP contribution in [0.1, 0.15) is 96.8 Å². The molecule has 0 spiro atoms. The summed E-state index contributed by atoms with van der Waals surface area (Å²) in [6, 6.07) is 0. The Kier molecular flexibility index (Phi) is 16.0. The van der Waals surface area contributed by atoms with Crippen LogP contribution in [0.15, 0.2) is 12.7 Å². The minimum atomic E-state index is -4.19. The van der Waals surface area contributed by atoms with E-state index in [1.807, 2.05) is 6.08 Å². The van der Waals surface area contributed by atoms with E-state index >= 15 is 0 Å². The van der Waals surface area contributed by atoms with Crippen molar-refractivity contribution in [3.63, 3.8) is 0 Å². The van der Waals surface area contributed by atoms with E-state index in [-0.39, 0.29) is 12.2 Å². The van der Waals surface area contributed by atoms with Gasteiger partial charge >= 0.3 is 5.97 Å². The molecule has 1 unspecified atom stereocenters. The number of unbranched alkanes of at least 4 members (excludes halogenated alkanes) is 9. The fourth-order valence-electron chi connectivity index (χ4n) is 3.02. The molecular formula is C21H38O6S. The van der Waals surface area contributed by atoms with Gasteiger partial charge in [-0.2, -0.15) is 8.42 Å². The molecule has 0 aromatic heterocycles. The number of Topliss-reactive ketones (excluding diaryl/α,β-unsaturated/α-hetero) is 1. The van der Waals surface area contributed by atoms with Gasteiger partial charge in [0, 0.05) is 12.8 Å². The largest absolute Gasteiger partial charge is 0.461 e. The molecule has 0 aromatic carbocycles. The van der Waals surface area contributed by atoms with E-state index in [1.165, 1.54) is 0 Å². The molecule has 0 heterocycles. The summed E-state index contributed by atoms with van der Waals surface area (Å²) in [7, 11) is -4.19. The van der Waals surface area contributed by atoms with Crippen molar-refractivity contribution >= 4 is 21.9 Å². The highest BCUT2D eigenvalue weighted by molar-refractivity contribution is 7.85. The van der Waals surface area contributed by atoms with Crippen molar-refractivity contribution in [2.75, 3.05) is 5.75 Å². The van der Waals surface area contributed by atoms with Gasteiger partial charge in [-0.1, -0.05) is 44.6 Å². The van der Waals surface area contributed by atoms with E-state index in [1.54, 1.807) is 6.92 Å². The summed E-state index contributed by atoms with van der Waals surface area (Å²) in [4.78, 5) is 22.8. The smallest absolute Gasteiger partial charge is 0.306 e. The van der Waals surface area contributed by atoms with Crippen LogP contribution in [0.3, 0.4) is 0 Å². The van der Waals surface area contributed by atoms with Crippen LogP contribution in [0.4, 0.5) is 0 Å². The van der Waals surface area contributed by atoms with Crippen molar-refractivity contribution in [1.29, 1.82) is 0 Å². The van der Waals surface area contributed by atoms with Crippen molar-refractivity contribution in [3.05, 3.63) is 12.7 Å². The quantitative estimate of drug-likeness (QED) is 0.137. The zero-order valence-electron chi connectivity index (χ0n) is 17.4. The molecule has 0 rings (SSSR count). The van der Waals surface area contributed by atoms with Crippen LogP contribution in [0, 0.1) is 0 Å². The molecule has 0 radical (unpaired) electrons. The van der Waals surface area contributed by atoms with E-state index in [9.17, 15) is 18.0 Å². The Labute approximate surface area is 170 Å². The van der Waals surface area contributed by atoms with Gasteiger partial charge in [-0.3, -0.25) is 9.35 Å². The van der Waals surface area contributed by atoms with Crippen molar-refractivity contribution in [3.8, 4) is 0 Å². The average molecular weight is 419 g/mol. The molecule has 1 N–H and O–H groups in total. The molecule has 1 atom stereocenters. The lowest BCUT2D eigenvalue weighted by Gasteiger charge is -2.16. The van der Waals surface area contributed by atoms with Crippen LogP contribution in [0.2, 0.25) is 0 Å². The van der Waals surface area contributed by atoms with Crippen LogP contribution >= 0.6 is 0 Å². The van der Waals surface area contributed by atoms with Crippen LogP contribution in [-0.2, 0) is 24.4 Å². The number of allylic oxidation sites excluding steroid dienone is 1. The molecule has 0 aliphatic carbocycles. The predicted molar refractivity (Wildman–Crippen MR) is 112 cm³/mol. The lowest BCUT2D eigenvalue weighted by atomic mass is 10.1. The summed E-state index contributed by atoms with van der Waals surface area (Å²) >= 11 is 0. The maximum absolute atomic E-state index is 12.0. The third-order valence-electron chi connectivity index (χ3n) is 4.54. The van der Waals surface area contributed by atoms with Gasteiger partial charge in [0.05, 0.1) is 0 Å². The monoisotopic (exact) mass is 418 g/mol. The first-order chi connectivity index (χ1) is 13.2. The van der Waals surface area contributed by atoms with Gasteiger partial charge in [0.25, 0.3) is 10.1 Å². The fourth-order valence-corrected chi connectivity index (χ4v) is 3.73. The summed E-state index contributed by atoms with van der Waals surface area (Å²) in [5.74, 6) is -0.761. The molecule has 28 heavy (non-hydrogen) atoms. The molecule has 7 heteroatoms. The molecular weight excluding hydrogens is 380 g/mol. The Morgan fingerprint density at radius 2 is 1.46 bits per heavy atom. The fraction of sp³-hybridized carbons (Fsp3) is 0.810. The third-order valence-corrected chi connectivity index (χ3v) is 5.33. The topological polar surface area (TPSA) is 97.7 Å². The number of rotatable bonds is 19. The van der Waals surface area contributed by atoms with Gasteiger partial charge < -0.3 is 9.53 Å². The molecule has 0 saturated heterocycles. The van der Waals surface area contributed by atoms with E-state index in [0.29, 0.717) is 12.8 Å². The molecule has 0 aromatic rings. The molecule has 0 bridgehead atoms. The first-order valence-corrected chi connectivity index (χ1v) is 12.1. The van der Waals surface area contributed by atoms with Gasteiger partial charge in [0.15, 0.2) is 0 Å². The first-order valence-electron chi connectivity index (χ1n) is 10.5. The lowest BCUT2D eigenvalue weighted by molar-refractivity contribution is -0.148. The third kappa shape index (κ3) is 19.5. The van der Waals surface area contributed by atoms with E-state index in [4.69, 9.17) is 9.29 Å². The van der Waals surface area contributed by atoms with E-state index in [0.717, 1.165) is 70.6 Å². The Morgan fingerprint density at radius 1 is 0.929 bits per heavy atom. The minimum absolute atomic E-state index is 0.192. The predicted octanol–water partition coefficient (Wildman–Crippen LogP) is 5.02. The summed E-state index contributed by atoms with van der Waals surface area (Å²) in [6.45, 7) is 5.26. The second-order valence-corrected chi connectivity index (χ2v) is 8.96. The molecule has 0 fully saturated rings. The van der Waals surface area contributed by atoms with Crippen molar-refractivity contribution in [2.45, 2.75) is 103 Å². The number of carbonyl (C=O) groups excluding carboxylic acids is 2. The number of esters is 1. The van der Waals surface area contributed by atoms with Crippen molar-refractivity contribution in [1.82, 2.24) is 0 Å². The van der Waals surface area contributed by atoms with Gasteiger partial charge in [-0.25, -0.2) is 0 Å². The van der Waals surface area contributed by atoms with Crippen LogP contribution in [-0.4, -0.2) is 36.6 Å². The summed E-state index contributed by atoms with van der Waals surface area (Å²) in [5.41, 5.74) is 0. The Bertz CT molecular complexity index is 541. The van der Waals surface area contributed by atoms with Gasteiger partial charge in [-0.15, -0.1) is 6.58 Å². The number of ether oxygens (including phenoxy) is 1. The van der Waals surface area contributed by atoms with Crippen molar-refractivity contribution < 1.29 is 27.3 Å². The molecule has 0 amide bonds. The molecule has 0 aliphatic rings. The van der Waals surface area contributed by atoms with Gasteiger partial charge in [-0.05, 0) is 45.4 Å². The number of ketones is 1. The van der Waals surface area contributed by atoms with E-state index in [2.05, 4.69) is 6.58 Å². The van der Waals surface area contributed by atoms with Crippen LogP contribution < -0.4 is 0 Å². The Balaban J connectivity index is 4.04. The minimum Gasteiger partial charge on any atom is -0.461 e. The Morgan fingerprint density at radius 3 is 2.04 bits per heavy atom. The number of carbonyl (C=O) groups is 2. The normalized spacial score (nSPS) is 12.5. The van der Waals surface area contributed by atoms with E-state index < -0.39 is 27.9 Å². The highest BCUT2D eigenvalue weighted by Crippen LogP contribution is 2.14. The highest BCUT2D eigenvalue weighted by atomic mass is 32.2. The van der Waals surface area contributed by atoms with Crippen LogP contribution in [0.25, 0.3) is 0 Å². The van der Waals surface area contributed by atoms with Gasteiger partial charge in [0.2, 0.25) is 0 Å². The SMILES string of the molecule is C=CCCCCCCCC(=O)OC(CCCCCCCC(C)=O)CS(=O)(=O)O. The number of hydrogen-bond donors (Lipinski definition) is 1. The highest BCUT2D eigenvalue weighted by Gasteiger charge is 2.20. The standard InChI is InChI=1S/C21H38O6S/c1-3-4-5-6-7-11-14-17-21(23)27-20(18-28(24,25)26)16-13-10-8-9-12-15-19(2)22/h3,20H,1,4-18H2,2H3,(H,24,25,26). The van der Waals surface area contributed by atoms with Gasteiger partial charge in [0.1, 0.15) is 17.6 Å². The second kappa shape index (κ2) is 16.7. The molecule has 164 valence electrons. The second-order valence-electron chi connectivity index (χ2n) is 7.46. The maximum atomic E-state index is 12.0. The lowest BCUT2D eigenvalue weighted by Crippen LogP contribution is -2.26. The number of hydrogen-bond acceptors (Lipinski definition) is 5. The summed E-state index contributed by atoms with van der Waals surface area (Å²) in [6.07, 6.45) is 12.7. The zero-order chi connectivity index (χ0) is 21.3. The maximum Gasteiger partial charge on any atom is 0.306 e. The molecule has 0 aliphatic heterocycles. The molecule has 6 nitrogen and oxygen atoms in total. The van der Waals surface area contributed by atoms with Crippen molar-refractivity contribution in [2.24, 2.45) is 0 Å². The summed E-state index contributed by atoms with van der Waals surface area (Å²) < 4.78 is 36.7. The van der Waals surface area contributed by atoms with Crippen LogP contribution in [0.5, 0.6) is 0 Å². The molecule has 0 saturated carbocycles. The Hall–Kier alpha value is -1.21. The average Bonchev–Trinajstić information content (AvgIpc) is 2.58. The zero-order valence-corrected chi connectivity index (χ0v) is 18.2. The summed E-state index contributed by atoms with van der Waals surface area (Å²) in [5, 5.41) is 0. The first kappa shape index (κ1) is 26.8.